The number of nitrogens with zero attached hydrogens (tertiary/aromatic N) is 1. The smallest absolute Gasteiger partial charge is 0.325 e. The van der Waals surface area contributed by atoms with E-state index < -0.39 is 16.2 Å². The molecule has 0 amide bonds. The summed E-state index contributed by atoms with van der Waals surface area (Å²) in [5.41, 5.74) is 1.60. The molecule has 0 aliphatic carbocycles. The van der Waals surface area contributed by atoms with E-state index in [4.69, 9.17) is 0 Å². The molecular weight excluding hydrogens is 290 g/mol. The molecule has 0 saturated carbocycles. The van der Waals surface area contributed by atoms with E-state index in [0.29, 0.717) is 18.6 Å². The SMILES string of the molecule is C=CC(O)CC(Cc1ccccc1)C(C)=NOS(C)(=O)=O. The van der Waals surface area contributed by atoms with Crippen molar-refractivity contribution in [1.29, 1.82) is 0 Å². The molecule has 0 aliphatic heterocycles. The Kier molecular flexibility index (Phi) is 6.58. The summed E-state index contributed by atoms with van der Waals surface area (Å²) < 4.78 is 26.5. The Morgan fingerprint density at radius 2 is 2.05 bits per heavy atom. The van der Waals surface area contributed by atoms with Crippen LogP contribution in [0, 0.1) is 5.92 Å². The lowest BCUT2D eigenvalue weighted by molar-refractivity contribution is 0.199. The van der Waals surface area contributed by atoms with Crippen molar-refractivity contribution in [3.05, 3.63) is 48.6 Å². The second-order valence-electron chi connectivity index (χ2n) is 4.94. The van der Waals surface area contributed by atoms with E-state index in [1.165, 1.54) is 6.08 Å². The van der Waals surface area contributed by atoms with E-state index >= 15 is 0 Å². The van der Waals surface area contributed by atoms with Gasteiger partial charge in [0.15, 0.2) is 0 Å². The van der Waals surface area contributed by atoms with Crippen molar-refractivity contribution in [2.45, 2.75) is 25.9 Å². The van der Waals surface area contributed by atoms with Gasteiger partial charge >= 0.3 is 10.1 Å². The fraction of sp³-hybridized carbons (Fsp3) is 0.400. The van der Waals surface area contributed by atoms with Crippen LogP contribution in [0.3, 0.4) is 0 Å². The van der Waals surface area contributed by atoms with Gasteiger partial charge in [0.05, 0.1) is 18.1 Å². The van der Waals surface area contributed by atoms with Crippen molar-refractivity contribution in [1.82, 2.24) is 0 Å². The first-order valence-corrected chi connectivity index (χ1v) is 8.41. The second kappa shape index (κ2) is 7.95. The molecule has 0 bridgehead atoms. The van der Waals surface area contributed by atoms with Crippen LogP contribution in [0.15, 0.2) is 48.1 Å². The van der Waals surface area contributed by atoms with Gasteiger partial charge in [0.2, 0.25) is 0 Å². The van der Waals surface area contributed by atoms with Crippen LogP contribution in [0.1, 0.15) is 18.9 Å². The van der Waals surface area contributed by atoms with Crippen molar-refractivity contribution < 1.29 is 17.8 Å². The fourth-order valence-electron chi connectivity index (χ4n) is 1.89. The molecule has 1 N–H and O–H groups in total. The Morgan fingerprint density at radius 3 is 2.57 bits per heavy atom. The van der Waals surface area contributed by atoms with Gasteiger partial charge in [-0.05, 0) is 25.3 Å². The molecule has 0 fully saturated rings. The normalized spacial score (nSPS) is 15.3. The highest BCUT2D eigenvalue weighted by Crippen LogP contribution is 2.17. The summed E-state index contributed by atoms with van der Waals surface area (Å²) in [5.74, 6) is -0.137. The van der Waals surface area contributed by atoms with Gasteiger partial charge in [0.25, 0.3) is 0 Å². The lowest BCUT2D eigenvalue weighted by Crippen LogP contribution is -2.21. The minimum Gasteiger partial charge on any atom is -0.389 e. The lowest BCUT2D eigenvalue weighted by atomic mass is 9.90. The van der Waals surface area contributed by atoms with Crippen LogP contribution in [-0.4, -0.2) is 31.6 Å². The van der Waals surface area contributed by atoms with Crippen LogP contribution in [0.4, 0.5) is 0 Å². The predicted octanol–water partition coefficient (Wildman–Crippen LogP) is 2.13. The zero-order chi connectivity index (χ0) is 15.9. The van der Waals surface area contributed by atoms with Crippen LogP contribution in [0.25, 0.3) is 0 Å². The Bertz CT molecular complexity index is 581. The van der Waals surface area contributed by atoms with E-state index in [1.807, 2.05) is 30.3 Å². The third-order valence-corrected chi connectivity index (χ3v) is 3.38. The molecule has 1 aromatic carbocycles. The summed E-state index contributed by atoms with van der Waals surface area (Å²) in [7, 11) is -3.63. The van der Waals surface area contributed by atoms with Crippen molar-refractivity contribution in [2.24, 2.45) is 11.1 Å². The Morgan fingerprint density at radius 1 is 1.43 bits per heavy atom. The van der Waals surface area contributed by atoms with Crippen molar-refractivity contribution >= 4 is 15.8 Å². The van der Waals surface area contributed by atoms with Crippen LogP contribution in [-0.2, 0) is 20.8 Å². The molecule has 6 heteroatoms. The highest BCUT2D eigenvalue weighted by molar-refractivity contribution is 7.85. The lowest BCUT2D eigenvalue weighted by Gasteiger charge is -2.18. The highest BCUT2D eigenvalue weighted by Gasteiger charge is 2.18. The molecule has 21 heavy (non-hydrogen) atoms. The molecule has 0 aromatic heterocycles. The Labute approximate surface area is 126 Å². The summed E-state index contributed by atoms with van der Waals surface area (Å²) in [4.78, 5) is 0. The fourth-order valence-corrected chi connectivity index (χ4v) is 2.14. The number of hydrogen-bond donors (Lipinski definition) is 1. The zero-order valence-electron chi connectivity index (χ0n) is 12.3. The standard InChI is InChI=1S/C15H21NO4S/c1-4-15(17)11-14(10-13-8-6-5-7-9-13)12(2)16-20-21(3,18)19/h4-9,14-15,17H,1,10-11H2,2-3H3. The number of oxime groups is 1. The monoisotopic (exact) mass is 311 g/mol. The maximum atomic E-state index is 11.0. The van der Waals surface area contributed by atoms with E-state index in [2.05, 4.69) is 16.0 Å². The van der Waals surface area contributed by atoms with Crippen LogP contribution in [0.2, 0.25) is 0 Å². The number of aliphatic hydroxyl groups excluding tert-OH is 1. The second-order valence-corrected chi connectivity index (χ2v) is 6.49. The van der Waals surface area contributed by atoms with Crippen molar-refractivity contribution in [2.75, 3.05) is 6.26 Å². The molecule has 2 atom stereocenters. The van der Waals surface area contributed by atoms with E-state index in [-0.39, 0.29) is 5.92 Å². The van der Waals surface area contributed by atoms with Gasteiger partial charge in [-0.25, -0.2) is 0 Å². The summed E-state index contributed by atoms with van der Waals surface area (Å²) in [6.45, 7) is 5.24. The molecule has 0 heterocycles. The summed E-state index contributed by atoms with van der Waals surface area (Å²) in [6, 6.07) is 9.71. The van der Waals surface area contributed by atoms with Gasteiger partial charge in [-0.3, -0.25) is 4.28 Å². The average Bonchev–Trinajstić information content (AvgIpc) is 2.44. The van der Waals surface area contributed by atoms with Gasteiger partial charge in [-0.1, -0.05) is 41.6 Å². The molecule has 0 spiro atoms. The molecule has 116 valence electrons. The highest BCUT2D eigenvalue weighted by atomic mass is 32.2. The third-order valence-electron chi connectivity index (χ3n) is 3.03. The van der Waals surface area contributed by atoms with Crippen LogP contribution >= 0.6 is 0 Å². The molecule has 1 rings (SSSR count). The van der Waals surface area contributed by atoms with Gasteiger partial charge in [-0.2, -0.15) is 8.42 Å². The first-order chi connectivity index (χ1) is 9.81. The summed E-state index contributed by atoms with van der Waals surface area (Å²) >= 11 is 0. The minimum atomic E-state index is -3.63. The maximum absolute atomic E-state index is 11.0. The summed E-state index contributed by atoms with van der Waals surface area (Å²) in [5, 5.41) is 13.4. The van der Waals surface area contributed by atoms with Crippen molar-refractivity contribution in [3.63, 3.8) is 0 Å². The number of aliphatic hydroxyl groups is 1. The van der Waals surface area contributed by atoms with E-state index in [1.54, 1.807) is 6.92 Å². The zero-order valence-corrected chi connectivity index (χ0v) is 13.1. The molecule has 0 saturated heterocycles. The number of hydrogen-bond acceptors (Lipinski definition) is 5. The van der Waals surface area contributed by atoms with Crippen molar-refractivity contribution in [3.8, 4) is 0 Å². The number of rotatable bonds is 8. The minimum absolute atomic E-state index is 0.137. The molecule has 1 aromatic rings. The molecule has 5 nitrogen and oxygen atoms in total. The average molecular weight is 311 g/mol. The molecule has 0 radical (unpaired) electrons. The summed E-state index contributed by atoms with van der Waals surface area (Å²) in [6.07, 6.45) is 2.74. The van der Waals surface area contributed by atoms with Gasteiger partial charge in [-0.15, -0.1) is 6.58 Å². The molecule has 2 unspecified atom stereocenters. The quantitative estimate of drug-likeness (QED) is 0.453. The van der Waals surface area contributed by atoms with Crippen LogP contribution < -0.4 is 0 Å². The first-order valence-electron chi connectivity index (χ1n) is 6.59. The van der Waals surface area contributed by atoms with E-state index in [0.717, 1.165) is 11.8 Å². The number of benzene rings is 1. The predicted molar refractivity (Wildman–Crippen MR) is 83.5 cm³/mol. The third kappa shape index (κ3) is 7.06. The van der Waals surface area contributed by atoms with Gasteiger partial charge < -0.3 is 5.11 Å². The molecule has 0 aliphatic rings. The first kappa shape index (κ1) is 17.4. The topological polar surface area (TPSA) is 76.0 Å². The molecular formula is C15H21NO4S. The van der Waals surface area contributed by atoms with Crippen LogP contribution in [0.5, 0.6) is 0 Å². The Balaban J connectivity index is 2.88. The van der Waals surface area contributed by atoms with Gasteiger partial charge in [0.1, 0.15) is 0 Å². The largest absolute Gasteiger partial charge is 0.389 e. The maximum Gasteiger partial charge on any atom is 0.325 e. The van der Waals surface area contributed by atoms with Gasteiger partial charge in [0, 0.05) is 5.92 Å². The van der Waals surface area contributed by atoms with E-state index in [9.17, 15) is 13.5 Å². The Hall–Kier alpha value is -1.66.